The van der Waals surface area contributed by atoms with Crippen LogP contribution in [0.4, 0.5) is 0 Å². The number of hydrogen-bond acceptors (Lipinski definition) is 2. The Hall–Kier alpha value is -1.64. The highest BCUT2D eigenvalue weighted by atomic mass is 16.4. The Bertz CT molecular complexity index is 490. The van der Waals surface area contributed by atoms with Crippen molar-refractivity contribution in [3.05, 3.63) is 40.4 Å². The molecule has 1 N–H and O–H groups in total. The number of aliphatic carboxylic acids is 1. The van der Waals surface area contributed by atoms with Gasteiger partial charge in [0, 0.05) is 0 Å². The lowest BCUT2D eigenvalue weighted by molar-refractivity contribution is -0.134. The van der Waals surface area contributed by atoms with Gasteiger partial charge in [-0.15, -0.1) is 0 Å². The summed E-state index contributed by atoms with van der Waals surface area (Å²) in [6.45, 7) is 2.07. The van der Waals surface area contributed by atoms with E-state index in [1.807, 2.05) is 18.2 Å². The Morgan fingerprint density at radius 3 is 2.93 bits per heavy atom. The lowest BCUT2D eigenvalue weighted by Crippen LogP contribution is -2.21. The molecule has 2 rings (SSSR count). The van der Waals surface area contributed by atoms with Crippen molar-refractivity contribution in [3.8, 4) is 0 Å². The second kappa shape index (κ2) is 3.25. The van der Waals surface area contributed by atoms with Crippen LogP contribution in [0.5, 0.6) is 0 Å². The van der Waals surface area contributed by atoms with E-state index < -0.39 is 5.97 Å². The molecule has 0 aliphatic carbocycles. The van der Waals surface area contributed by atoms with Gasteiger partial charge < -0.3 is 5.11 Å². The van der Waals surface area contributed by atoms with Gasteiger partial charge in [-0.1, -0.05) is 13.0 Å². The summed E-state index contributed by atoms with van der Waals surface area (Å²) < 4.78 is 0. The summed E-state index contributed by atoms with van der Waals surface area (Å²) in [7, 11) is 0. The van der Waals surface area contributed by atoms with Crippen molar-refractivity contribution in [2.75, 3.05) is 0 Å². The monoisotopic (exact) mass is 188 g/mol. The van der Waals surface area contributed by atoms with Crippen molar-refractivity contribution in [3.63, 3.8) is 0 Å². The first kappa shape index (κ1) is 8.94. The highest BCUT2D eigenvalue weighted by molar-refractivity contribution is 5.92. The topological polar surface area (TPSA) is 49.7 Å². The summed E-state index contributed by atoms with van der Waals surface area (Å²) in [5.41, 5.74) is 1.20. The van der Waals surface area contributed by atoms with Crippen LogP contribution in [-0.4, -0.2) is 11.1 Å². The highest BCUT2D eigenvalue weighted by Gasteiger charge is 2.17. The van der Waals surface area contributed by atoms with Gasteiger partial charge in [-0.2, -0.15) is 0 Å². The fourth-order valence-electron chi connectivity index (χ4n) is 1.46. The van der Waals surface area contributed by atoms with E-state index >= 15 is 0 Å². The first-order valence-electron chi connectivity index (χ1n) is 4.50. The molecule has 71 valence electrons. The molecule has 0 saturated heterocycles. The van der Waals surface area contributed by atoms with Crippen LogP contribution in [0.3, 0.4) is 0 Å². The lowest BCUT2D eigenvalue weighted by Gasteiger charge is -1.92. The molecule has 14 heavy (non-hydrogen) atoms. The zero-order valence-corrected chi connectivity index (χ0v) is 7.82. The fourth-order valence-corrected chi connectivity index (χ4v) is 1.46. The molecule has 0 fully saturated rings. The van der Waals surface area contributed by atoms with E-state index in [0.29, 0.717) is 0 Å². The van der Waals surface area contributed by atoms with Crippen molar-refractivity contribution >= 4 is 12.0 Å². The van der Waals surface area contributed by atoms with Crippen LogP contribution in [0.1, 0.15) is 12.5 Å². The normalized spacial score (nSPS) is 14.4. The molecule has 0 spiro atoms. The smallest absolute Gasteiger partial charge is 0.339 e. The van der Waals surface area contributed by atoms with Crippen LogP contribution < -0.4 is 10.6 Å². The van der Waals surface area contributed by atoms with E-state index in [1.165, 1.54) is 5.56 Å². The van der Waals surface area contributed by atoms with Crippen molar-refractivity contribution in [2.45, 2.75) is 13.3 Å². The Labute approximate surface area is 81.4 Å². The van der Waals surface area contributed by atoms with Crippen molar-refractivity contribution in [1.29, 1.82) is 0 Å². The molecule has 1 aromatic carbocycles. The third-order valence-corrected chi connectivity index (χ3v) is 2.25. The van der Waals surface area contributed by atoms with Gasteiger partial charge >= 0.3 is 5.97 Å². The van der Waals surface area contributed by atoms with Gasteiger partial charge in [0.15, 0.2) is 0 Å². The molecule has 1 aromatic rings. The van der Waals surface area contributed by atoms with Gasteiger partial charge in [0.1, 0.15) is 0 Å². The molecule has 1 radical (unpaired) electrons. The molecule has 0 saturated carbocycles. The largest absolute Gasteiger partial charge is 0.479 e. The molecular weight excluding hydrogens is 178 g/mol. The maximum Gasteiger partial charge on any atom is 0.339 e. The predicted octanol–water partition coefficient (Wildman–Crippen LogP) is 0.279. The Kier molecular flexibility index (Phi) is 2.08. The first-order valence-corrected chi connectivity index (χ1v) is 4.50. The van der Waals surface area contributed by atoms with Crippen molar-refractivity contribution < 1.29 is 9.90 Å². The molecule has 1 aliphatic heterocycles. The van der Waals surface area contributed by atoms with Crippen LogP contribution >= 0.6 is 0 Å². The number of carbonyl (C=O) groups is 1. The number of benzene rings is 1. The van der Waals surface area contributed by atoms with E-state index in [2.05, 4.69) is 11.9 Å². The van der Waals surface area contributed by atoms with Gasteiger partial charge in [0.2, 0.25) is 6.04 Å². The zero-order valence-electron chi connectivity index (χ0n) is 7.82. The van der Waals surface area contributed by atoms with E-state index in [-0.39, 0.29) is 6.04 Å². The quantitative estimate of drug-likeness (QED) is 0.724. The van der Waals surface area contributed by atoms with E-state index in [1.54, 1.807) is 6.08 Å². The minimum Gasteiger partial charge on any atom is -0.479 e. The molecule has 3 heteroatoms. The van der Waals surface area contributed by atoms with Gasteiger partial charge in [-0.05, 0) is 35.4 Å². The number of fused-ring (bicyclic) bond motifs is 1. The van der Waals surface area contributed by atoms with Crippen LogP contribution in [0.2, 0.25) is 0 Å². The third kappa shape index (κ3) is 1.41. The summed E-state index contributed by atoms with van der Waals surface area (Å²) in [5.74, 6) is -0.973. The summed E-state index contributed by atoms with van der Waals surface area (Å²) in [6, 6.07) is 5.93. The first-order chi connectivity index (χ1) is 6.70. The Balaban J connectivity index is 2.53. The number of carboxylic acids is 1. The molecule has 1 heterocycles. The number of nitrogens with zero attached hydrogens (tertiary/aromatic N) is 1. The lowest BCUT2D eigenvalue weighted by atomic mass is 10.1. The van der Waals surface area contributed by atoms with E-state index in [4.69, 9.17) is 5.11 Å². The molecule has 0 unspecified atom stereocenters. The average Bonchev–Trinajstić information content (AvgIpc) is 2.59. The van der Waals surface area contributed by atoms with Gasteiger partial charge in [-0.3, -0.25) is 4.99 Å². The summed E-state index contributed by atoms with van der Waals surface area (Å²) >= 11 is 0. The molecule has 0 aromatic heterocycles. The Morgan fingerprint density at radius 1 is 1.50 bits per heavy atom. The van der Waals surface area contributed by atoms with E-state index in [9.17, 15) is 4.79 Å². The number of aryl methyl sites for hydroxylation is 1. The number of rotatable bonds is 2. The van der Waals surface area contributed by atoms with Crippen LogP contribution in [0.25, 0.3) is 6.08 Å². The Morgan fingerprint density at radius 2 is 2.29 bits per heavy atom. The SMILES string of the molecule is CCc1ccc2c(c1)=C[C](C(=O)O)N=2. The highest BCUT2D eigenvalue weighted by Crippen LogP contribution is 2.06. The minimum atomic E-state index is -0.973. The summed E-state index contributed by atoms with van der Waals surface area (Å²) in [6.07, 6.45) is 2.56. The summed E-state index contributed by atoms with van der Waals surface area (Å²) in [4.78, 5) is 14.7. The van der Waals surface area contributed by atoms with Crippen LogP contribution in [-0.2, 0) is 11.2 Å². The molecular formula is C11H10NO2. The maximum atomic E-state index is 10.7. The van der Waals surface area contributed by atoms with Crippen LogP contribution in [0, 0.1) is 6.04 Å². The second-order valence-electron chi connectivity index (χ2n) is 3.19. The number of carboxylic acid groups (broad SMARTS) is 1. The van der Waals surface area contributed by atoms with Gasteiger partial charge in [0.05, 0.1) is 5.36 Å². The van der Waals surface area contributed by atoms with Gasteiger partial charge in [0.25, 0.3) is 0 Å². The molecule has 1 aliphatic rings. The average molecular weight is 188 g/mol. The predicted molar refractivity (Wildman–Crippen MR) is 51.9 cm³/mol. The maximum absolute atomic E-state index is 10.7. The standard InChI is InChI=1S/C11H10NO2/c1-2-7-3-4-9-8(5-7)6-10(12-9)11(13)14/h3-6H,2H2,1H3,(H,13,14). The molecule has 0 atom stereocenters. The van der Waals surface area contributed by atoms with Crippen LogP contribution in [0.15, 0.2) is 23.2 Å². The minimum absolute atomic E-state index is 0.119. The van der Waals surface area contributed by atoms with Crippen molar-refractivity contribution in [1.82, 2.24) is 0 Å². The second-order valence-corrected chi connectivity index (χ2v) is 3.19. The fraction of sp³-hybridized carbons (Fsp3) is 0.182. The zero-order chi connectivity index (χ0) is 10.1. The third-order valence-electron chi connectivity index (χ3n) is 2.25. The van der Waals surface area contributed by atoms with E-state index in [0.717, 1.165) is 17.0 Å². The molecule has 0 bridgehead atoms. The molecule has 0 amide bonds. The number of hydrogen-bond donors (Lipinski definition) is 1. The molecule has 3 nitrogen and oxygen atoms in total. The summed E-state index contributed by atoms with van der Waals surface area (Å²) in [5, 5.41) is 10.4. The van der Waals surface area contributed by atoms with Gasteiger partial charge in [-0.25, -0.2) is 4.79 Å². The van der Waals surface area contributed by atoms with Crippen molar-refractivity contribution in [2.24, 2.45) is 4.99 Å².